The average Bonchev–Trinajstić information content (AvgIpc) is 3.63. The number of sulfonamides is 1. The van der Waals surface area contributed by atoms with Crippen molar-refractivity contribution in [3.63, 3.8) is 0 Å². The van der Waals surface area contributed by atoms with E-state index < -0.39 is 10.0 Å². The van der Waals surface area contributed by atoms with E-state index in [1.54, 1.807) is 31.4 Å². The molecule has 2 fully saturated rings. The summed E-state index contributed by atoms with van der Waals surface area (Å²) >= 11 is 6.00. The van der Waals surface area contributed by atoms with Gasteiger partial charge in [0, 0.05) is 24.0 Å². The summed E-state index contributed by atoms with van der Waals surface area (Å²) in [5.74, 6) is 0.894. The van der Waals surface area contributed by atoms with E-state index in [0.29, 0.717) is 42.6 Å². The van der Waals surface area contributed by atoms with Gasteiger partial charge in [0.25, 0.3) is 0 Å². The molecule has 1 N–H and O–H groups in total. The number of methoxy groups -OCH3 is 1. The standard InChI is InChI=1S/C23H27ClN2O4S/c1-30-20-8-10-21(11-9-20)31(28,29)26-14-12-18(13-15-26)23(27)25-22(16-2-3-16)17-4-6-19(24)7-5-17/h4-11,16,18,22H,2-3,12-15H2,1H3,(H,25,27). The number of hydrogen-bond acceptors (Lipinski definition) is 4. The van der Waals surface area contributed by atoms with Crippen molar-refractivity contribution in [3.8, 4) is 5.75 Å². The van der Waals surface area contributed by atoms with Crippen LogP contribution in [0.3, 0.4) is 0 Å². The second kappa shape index (κ2) is 9.18. The van der Waals surface area contributed by atoms with Crippen LogP contribution in [-0.4, -0.2) is 38.8 Å². The second-order valence-electron chi connectivity index (χ2n) is 8.23. The van der Waals surface area contributed by atoms with E-state index in [-0.39, 0.29) is 22.8 Å². The average molecular weight is 463 g/mol. The molecular weight excluding hydrogens is 436 g/mol. The van der Waals surface area contributed by atoms with Gasteiger partial charge in [0.1, 0.15) is 5.75 Å². The summed E-state index contributed by atoms with van der Waals surface area (Å²) < 4.78 is 32.4. The molecule has 2 aromatic rings. The van der Waals surface area contributed by atoms with Gasteiger partial charge in [-0.25, -0.2) is 8.42 Å². The van der Waals surface area contributed by atoms with Gasteiger partial charge in [-0.05, 0) is 73.6 Å². The van der Waals surface area contributed by atoms with Gasteiger partial charge >= 0.3 is 0 Å². The van der Waals surface area contributed by atoms with Crippen LogP contribution in [0.4, 0.5) is 0 Å². The zero-order chi connectivity index (χ0) is 22.0. The van der Waals surface area contributed by atoms with E-state index in [2.05, 4.69) is 5.32 Å². The summed E-state index contributed by atoms with van der Waals surface area (Å²) in [6.45, 7) is 0.670. The smallest absolute Gasteiger partial charge is 0.243 e. The van der Waals surface area contributed by atoms with Gasteiger partial charge in [-0.1, -0.05) is 23.7 Å². The lowest BCUT2D eigenvalue weighted by Gasteiger charge is -2.31. The Morgan fingerprint density at radius 2 is 1.65 bits per heavy atom. The maximum absolute atomic E-state index is 13.0. The number of nitrogens with one attached hydrogen (secondary N) is 1. The number of hydrogen-bond donors (Lipinski definition) is 1. The highest BCUT2D eigenvalue weighted by Gasteiger charge is 2.37. The minimum atomic E-state index is -3.58. The van der Waals surface area contributed by atoms with Crippen molar-refractivity contribution < 1.29 is 17.9 Å². The first-order chi connectivity index (χ1) is 14.9. The molecule has 0 bridgehead atoms. The van der Waals surface area contributed by atoms with Crippen molar-refractivity contribution in [2.24, 2.45) is 11.8 Å². The van der Waals surface area contributed by atoms with E-state index in [1.165, 1.54) is 4.31 Å². The molecule has 1 atom stereocenters. The number of rotatable bonds is 7. The van der Waals surface area contributed by atoms with Crippen LogP contribution in [-0.2, 0) is 14.8 Å². The van der Waals surface area contributed by atoms with Gasteiger partial charge in [-0.3, -0.25) is 4.79 Å². The molecule has 1 saturated heterocycles. The normalized spacial score (nSPS) is 19.0. The fourth-order valence-electron chi connectivity index (χ4n) is 4.10. The molecule has 1 heterocycles. The van der Waals surface area contributed by atoms with Crippen LogP contribution in [0.2, 0.25) is 5.02 Å². The molecule has 8 heteroatoms. The van der Waals surface area contributed by atoms with Crippen LogP contribution in [0.15, 0.2) is 53.4 Å². The third-order valence-electron chi connectivity index (χ3n) is 6.14. The number of amides is 1. The predicted molar refractivity (Wildman–Crippen MR) is 120 cm³/mol. The Labute approximate surface area is 188 Å². The van der Waals surface area contributed by atoms with Crippen LogP contribution < -0.4 is 10.1 Å². The summed E-state index contributed by atoms with van der Waals surface area (Å²) in [6, 6.07) is 14.0. The minimum Gasteiger partial charge on any atom is -0.497 e. The third kappa shape index (κ3) is 5.05. The summed E-state index contributed by atoms with van der Waals surface area (Å²) in [5, 5.41) is 3.89. The molecule has 31 heavy (non-hydrogen) atoms. The van der Waals surface area contributed by atoms with Gasteiger partial charge in [0.15, 0.2) is 0 Å². The monoisotopic (exact) mass is 462 g/mol. The summed E-state index contributed by atoms with van der Waals surface area (Å²) in [6.07, 6.45) is 3.23. The van der Waals surface area contributed by atoms with Crippen molar-refractivity contribution in [3.05, 3.63) is 59.1 Å². The molecule has 0 spiro atoms. The van der Waals surface area contributed by atoms with Crippen LogP contribution in [0.25, 0.3) is 0 Å². The molecule has 166 valence electrons. The highest BCUT2D eigenvalue weighted by molar-refractivity contribution is 7.89. The van der Waals surface area contributed by atoms with E-state index in [1.807, 2.05) is 24.3 Å². The molecular formula is C23H27ClN2O4S. The Balaban J connectivity index is 1.37. The molecule has 0 radical (unpaired) electrons. The van der Waals surface area contributed by atoms with Crippen LogP contribution >= 0.6 is 11.6 Å². The number of halogens is 1. The molecule has 1 amide bonds. The van der Waals surface area contributed by atoms with Crippen molar-refractivity contribution in [1.82, 2.24) is 9.62 Å². The molecule has 6 nitrogen and oxygen atoms in total. The maximum atomic E-state index is 13.0. The molecule has 2 aromatic carbocycles. The van der Waals surface area contributed by atoms with Gasteiger partial charge < -0.3 is 10.1 Å². The summed E-state index contributed by atoms with van der Waals surface area (Å²) in [4.78, 5) is 13.2. The lowest BCUT2D eigenvalue weighted by atomic mass is 9.95. The first-order valence-electron chi connectivity index (χ1n) is 10.6. The van der Waals surface area contributed by atoms with Crippen LogP contribution in [0, 0.1) is 11.8 Å². The number of carbonyl (C=O) groups excluding carboxylic acids is 1. The summed E-state index contributed by atoms with van der Waals surface area (Å²) in [7, 11) is -2.03. The van der Waals surface area contributed by atoms with Crippen molar-refractivity contribution in [2.75, 3.05) is 20.2 Å². The van der Waals surface area contributed by atoms with E-state index >= 15 is 0 Å². The van der Waals surface area contributed by atoms with Gasteiger partial charge in [0.2, 0.25) is 15.9 Å². The van der Waals surface area contributed by atoms with E-state index in [9.17, 15) is 13.2 Å². The molecule has 1 unspecified atom stereocenters. The molecule has 4 rings (SSSR count). The van der Waals surface area contributed by atoms with Crippen LogP contribution in [0.1, 0.15) is 37.3 Å². The Hall–Kier alpha value is -2.09. The first kappa shape index (κ1) is 22.1. The van der Waals surface area contributed by atoms with Crippen molar-refractivity contribution in [1.29, 1.82) is 0 Å². The fraction of sp³-hybridized carbons (Fsp3) is 0.435. The van der Waals surface area contributed by atoms with Crippen LogP contribution in [0.5, 0.6) is 5.75 Å². The lowest BCUT2D eigenvalue weighted by molar-refractivity contribution is -0.127. The molecule has 1 saturated carbocycles. The van der Waals surface area contributed by atoms with E-state index in [0.717, 1.165) is 18.4 Å². The molecule has 2 aliphatic rings. The molecule has 1 aliphatic carbocycles. The lowest BCUT2D eigenvalue weighted by Crippen LogP contribution is -2.43. The topological polar surface area (TPSA) is 75.7 Å². The Morgan fingerprint density at radius 3 is 2.19 bits per heavy atom. The predicted octanol–water partition coefficient (Wildman–Crippen LogP) is 4.02. The number of benzene rings is 2. The third-order valence-corrected chi connectivity index (χ3v) is 8.31. The highest BCUT2D eigenvalue weighted by atomic mass is 35.5. The largest absolute Gasteiger partial charge is 0.497 e. The van der Waals surface area contributed by atoms with Crippen molar-refractivity contribution >= 4 is 27.5 Å². The van der Waals surface area contributed by atoms with Gasteiger partial charge in [0.05, 0.1) is 18.0 Å². The number of ether oxygens (including phenoxy) is 1. The highest BCUT2D eigenvalue weighted by Crippen LogP contribution is 2.41. The Kier molecular flexibility index (Phi) is 6.55. The fourth-order valence-corrected chi connectivity index (χ4v) is 5.69. The summed E-state index contributed by atoms with van der Waals surface area (Å²) in [5.41, 5.74) is 1.07. The zero-order valence-corrected chi connectivity index (χ0v) is 19.0. The minimum absolute atomic E-state index is 0.00773. The maximum Gasteiger partial charge on any atom is 0.243 e. The molecule has 1 aliphatic heterocycles. The second-order valence-corrected chi connectivity index (χ2v) is 10.6. The van der Waals surface area contributed by atoms with Gasteiger partial charge in [-0.2, -0.15) is 4.31 Å². The Morgan fingerprint density at radius 1 is 1.03 bits per heavy atom. The zero-order valence-electron chi connectivity index (χ0n) is 17.5. The molecule has 0 aromatic heterocycles. The number of piperidine rings is 1. The SMILES string of the molecule is COc1ccc(S(=O)(=O)N2CCC(C(=O)NC(c3ccc(Cl)cc3)C3CC3)CC2)cc1. The quantitative estimate of drug-likeness (QED) is 0.674. The van der Waals surface area contributed by atoms with Gasteiger partial charge in [-0.15, -0.1) is 0 Å². The van der Waals surface area contributed by atoms with E-state index in [4.69, 9.17) is 16.3 Å². The number of carbonyl (C=O) groups is 1. The Bertz CT molecular complexity index is 1010. The number of nitrogens with zero attached hydrogens (tertiary/aromatic N) is 1. The first-order valence-corrected chi connectivity index (χ1v) is 12.4. The van der Waals surface area contributed by atoms with Crippen molar-refractivity contribution in [2.45, 2.75) is 36.6 Å².